The van der Waals surface area contributed by atoms with E-state index in [1.165, 1.54) is 37.3 Å². The van der Waals surface area contributed by atoms with Gasteiger partial charge in [0.25, 0.3) is 0 Å². The fourth-order valence-electron chi connectivity index (χ4n) is 2.13. The molecule has 0 aliphatic heterocycles. The molecule has 0 heterocycles. The van der Waals surface area contributed by atoms with E-state index in [4.69, 9.17) is 4.74 Å². The van der Waals surface area contributed by atoms with Gasteiger partial charge in [0.2, 0.25) is 0 Å². The molecule has 2 nitrogen and oxygen atoms in total. The second-order valence-corrected chi connectivity index (χ2v) is 5.85. The molecule has 0 aromatic heterocycles. The van der Waals surface area contributed by atoms with Crippen molar-refractivity contribution >= 4 is 12.0 Å². The molecule has 0 amide bonds. The second kappa shape index (κ2) is 9.38. The molecule has 1 aromatic rings. The van der Waals surface area contributed by atoms with E-state index in [-0.39, 0.29) is 5.97 Å². The monoisotopic (exact) mass is 288 g/mol. The summed E-state index contributed by atoms with van der Waals surface area (Å²) in [6.07, 6.45) is 7.09. The molecule has 116 valence electrons. The average molecular weight is 288 g/mol. The predicted molar refractivity (Wildman–Crippen MR) is 89.1 cm³/mol. The number of ether oxygens (including phenoxy) is 1. The van der Waals surface area contributed by atoms with Gasteiger partial charge in [0, 0.05) is 6.92 Å². The number of hydrogen-bond donors (Lipinski definition) is 0. The molecular weight excluding hydrogens is 260 g/mol. The maximum Gasteiger partial charge on any atom is 0.302 e. The molecule has 0 saturated carbocycles. The molecule has 0 N–H and O–H groups in total. The number of unbranched alkanes of at least 4 members (excludes halogenated alkanes) is 2. The van der Waals surface area contributed by atoms with Crippen LogP contribution in [0.3, 0.4) is 0 Å². The summed E-state index contributed by atoms with van der Waals surface area (Å²) < 4.78 is 5.12. The minimum atomic E-state index is -0.229. The van der Waals surface area contributed by atoms with E-state index in [1.54, 1.807) is 0 Å². The number of esters is 1. The highest BCUT2D eigenvalue weighted by atomic mass is 16.5. The lowest BCUT2D eigenvalue weighted by atomic mass is 9.99. The second-order valence-electron chi connectivity index (χ2n) is 5.85. The third-order valence-corrected chi connectivity index (χ3v) is 3.58. The Morgan fingerprint density at radius 2 is 1.86 bits per heavy atom. The van der Waals surface area contributed by atoms with Crippen molar-refractivity contribution in [3.8, 4) is 0 Å². The molecule has 0 saturated heterocycles. The van der Waals surface area contributed by atoms with Crippen molar-refractivity contribution in [1.82, 2.24) is 0 Å². The van der Waals surface area contributed by atoms with Gasteiger partial charge in [-0.1, -0.05) is 64.0 Å². The fraction of sp³-hybridized carbons (Fsp3) is 0.526. The van der Waals surface area contributed by atoms with Crippen LogP contribution in [-0.2, 0) is 16.0 Å². The van der Waals surface area contributed by atoms with Crippen molar-refractivity contribution in [2.75, 3.05) is 6.61 Å². The number of hydrogen-bond acceptors (Lipinski definition) is 2. The van der Waals surface area contributed by atoms with E-state index in [0.29, 0.717) is 12.5 Å². The number of carbonyl (C=O) groups excluding carboxylic acids is 1. The standard InChI is InChI=1S/C19H28O2/c1-5-6-7-8-17-9-11-18(12-10-17)13-19(15(2)3)14-21-16(4)20/h9-13,15H,5-8,14H2,1-4H3. The van der Waals surface area contributed by atoms with Crippen molar-refractivity contribution in [3.63, 3.8) is 0 Å². The zero-order chi connectivity index (χ0) is 15.7. The minimum Gasteiger partial charge on any atom is -0.461 e. The van der Waals surface area contributed by atoms with Crippen LogP contribution in [0.25, 0.3) is 6.08 Å². The Labute approximate surface area is 129 Å². The summed E-state index contributed by atoms with van der Waals surface area (Å²) in [4.78, 5) is 10.9. The van der Waals surface area contributed by atoms with Gasteiger partial charge in [-0.15, -0.1) is 0 Å². The van der Waals surface area contributed by atoms with Crippen LogP contribution in [0.2, 0.25) is 0 Å². The van der Waals surface area contributed by atoms with Gasteiger partial charge in [-0.3, -0.25) is 4.79 Å². The quantitative estimate of drug-likeness (QED) is 0.496. The maximum atomic E-state index is 10.9. The molecule has 0 aliphatic carbocycles. The highest BCUT2D eigenvalue weighted by molar-refractivity contribution is 5.66. The fourth-order valence-corrected chi connectivity index (χ4v) is 2.13. The number of carbonyl (C=O) groups is 1. The summed E-state index contributed by atoms with van der Waals surface area (Å²) in [5, 5.41) is 0. The Morgan fingerprint density at radius 3 is 2.38 bits per heavy atom. The van der Waals surface area contributed by atoms with Gasteiger partial charge in [0.05, 0.1) is 0 Å². The van der Waals surface area contributed by atoms with Gasteiger partial charge >= 0.3 is 5.97 Å². The van der Waals surface area contributed by atoms with E-state index in [2.05, 4.69) is 51.1 Å². The van der Waals surface area contributed by atoms with Gasteiger partial charge in [-0.05, 0) is 35.5 Å². The van der Waals surface area contributed by atoms with Gasteiger partial charge in [-0.25, -0.2) is 0 Å². The van der Waals surface area contributed by atoms with Crippen molar-refractivity contribution in [1.29, 1.82) is 0 Å². The molecule has 0 aliphatic rings. The first-order valence-corrected chi connectivity index (χ1v) is 7.95. The van der Waals surface area contributed by atoms with E-state index in [0.717, 1.165) is 12.0 Å². The topological polar surface area (TPSA) is 26.3 Å². The Kier molecular flexibility index (Phi) is 7.81. The van der Waals surface area contributed by atoms with Gasteiger partial charge < -0.3 is 4.74 Å². The summed E-state index contributed by atoms with van der Waals surface area (Å²) in [6, 6.07) is 8.70. The van der Waals surface area contributed by atoms with Crippen LogP contribution in [-0.4, -0.2) is 12.6 Å². The summed E-state index contributed by atoms with van der Waals surface area (Å²) in [5.74, 6) is 0.140. The molecule has 0 radical (unpaired) electrons. The lowest BCUT2D eigenvalue weighted by molar-refractivity contribution is -0.140. The molecule has 0 spiro atoms. The van der Waals surface area contributed by atoms with Crippen LogP contribution in [0.5, 0.6) is 0 Å². The van der Waals surface area contributed by atoms with Crippen molar-refractivity contribution < 1.29 is 9.53 Å². The maximum absolute atomic E-state index is 10.9. The zero-order valence-electron chi connectivity index (χ0n) is 13.8. The van der Waals surface area contributed by atoms with Crippen LogP contribution in [0.15, 0.2) is 29.8 Å². The third-order valence-electron chi connectivity index (χ3n) is 3.58. The first-order chi connectivity index (χ1) is 10.0. The van der Waals surface area contributed by atoms with Crippen molar-refractivity contribution in [2.24, 2.45) is 5.92 Å². The van der Waals surface area contributed by atoms with E-state index < -0.39 is 0 Å². The zero-order valence-corrected chi connectivity index (χ0v) is 13.8. The highest BCUT2D eigenvalue weighted by Gasteiger charge is 2.06. The minimum absolute atomic E-state index is 0.229. The van der Waals surface area contributed by atoms with Gasteiger partial charge in [0.15, 0.2) is 0 Å². The first kappa shape index (κ1) is 17.5. The Bertz CT molecular complexity index is 455. The van der Waals surface area contributed by atoms with Gasteiger partial charge in [0.1, 0.15) is 6.61 Å². The lowest BCUT2D eigenvalue weighted by Gasteiger charge is -2.11. The smallest absolute Gasteiger partial charge is 0.302 e. The highest BCUT2D eigenvalue weighted by Crippen LogP contribution is 2.17. The normalized spacial score (nSPS) is 11.8. The van der Waals surface area contributed by atoms with Crippen molar-refractivity contribution in [2.45, 2.75) is 53.4 Å². The number of rotatable bonds is 8. The van der Waals surface area contributed by atoms with E-state index >= 15 is 0 Å². The molecule has 0 fully saturated rings. The largest absolute Gasteiger partial charge is 0.461 e. The van der Waals surface area contributed by atoms with Crippen LogP contribution in [0, 0.1) is 5.92 Å². The number of benzene rings is 1. The molecule has 0 unspecified atom stereocenters. The van der Waals surface area contributed by atoms with Crippen LogP contribution in [0.1, 0.15) is 58.1 Å². The molecular formula is C19H28O2. The Hall–Kier alpha value is -1.57. The molecule has 0 bridgehead atoms. The molecule has 0 atom stereocenters. The number of aryl methyl sites for hydroxylation is 1. The first-order valence-electron chi connectivity index (χ1n) is 7.95. The van der Waals surface area contributed by atoms with E-state index in [1.807, 2.05) is 0 Å². The summed E-state index contributed by atoms with van der Waals surface area (Å²) in [7, 11) is 0. The lowest BCUT2D eigenvalue weighted by Crippen LogP contribution is -2.07. The predicted octanol–water partition coefficient (Wildman–Crippen LogP) is 5.02. The molecule has 2 heteroatoms. The van der Waals surface area contributed by atoms with Gasteiger partial charge in [-0.2, -0.15) is 0 Å². The molecule has 1 rings (SSSR count). The van der Waals surface area contributed by atoms with Crippen LogP contribution in [0.4, 0.5) is 0 Å². The summed E-state index contributed by atoms with van der Waals surface area (Å²) >= 11 is 0. The SMILES string of the molecule is CCCCCc1ccc(C=C(COC(C)=O)C(C)C)cc1. The Morgan fingerprint density at radius 1 is 1.19 bits per heavy atom. The van der Waals surface area contributed by atoms with Crippen molar-refractivity contribution in [3.05, 3.63) is 41.0 Å². The molecule has 1 aromatic carbocycles. The average Bonchev–Trinajstić information content (AvgIpc) is 2.44. The van der Waals surface area contributed by atoms with Crippen LogP contribution < -0.4 is 0 Å². The van der Waals surface area contributed by atoms with E-state index in [9.17, 15) is 4.79 Å². The Balaban J connectivity index is 2.69. The third kappa shape index (κ3) is 7.12. The summed E-state index contributed by atoms with van der Waals surface area (Å²) in [5.41, 5.74) is 3.71. The van der Waals surface area contributed by atoms with Crippen LogP contribution >= 0.6 is 0 Å². The summed E-state index contributed by atoms with van der Waals surface area (Å²) in [6.45, 7) is 8.29. The molecule has 21 heavy (non-hydrogen) atoms.